The number of hydrogen-bond acceptors (Lipinski definition) is 1. The van der Waals surface area contributed by atoms with Crippen molar-refractivity contribution >= 4 is 50.2 Å². The zero-order valence-electron chi connectivity index (χ0n) is 9.40. The Kier molecular flexibility index (Phi) is 5.04. The lowest BCUT2D eigenvalue weighted by Gasteiger charge is -2.13. The lowest BCUT2D eigenvalue weighted by Crippen LogP contribution is -2.34. The van der Waals surface area contributed by atoms with Crippen LogP contribution in [0.25, 0.3) is 0 Å². The van der Waals surface area contributed by atoms with Gasteiger partial charge in [-0.25, -0.2) is 4.79 Å². The molecule has 5 heteroatoms. The van der Waals surface area contributed by atoms with Gasteiger partial charge in [-0.15, -0.1) is 0 Å². The van der Waals surface area contributed by atoms with Gasteiger partial charge in [0.1, 0.15) is 0 Å². The highest BCUT2D eigenvalue weighted by molar-refractivity contribution is 14.1. The number of benzene rings is 1. The molecule has 16 heavy (non-hydrogen) atoms. The second kappa shape index (κ2) is 5.86. The topological polar surface area (TPSA) is 41.1 Å². The van der Waals surface area contributed by atoms with Crippen LogP contribution >= 0.6 is 38.5 Å². The van der Waals surface area contributed by atoms with Gasteiger partial charge in [-0.1, -0.05) is 15.9 Å². The molecule has 0 aliphatic heterocycles. The molecule has 0 radical (unpaired) electrons. The van der Waals surface area contributed by atoms with E-state index in [0.717, 1.165) is 19.3 Å². The van der Waals surface area contributed by atoms with Crippen LogP contribution in [-0.4, -0.2) is 12.1 Å². The van der Waals surface area contributed by atoms with Crippen LogP contribution < -0.4 is 10.6 Å². The molecular weight excluding hydrogens is 383 g/mol. The summed E-state index contributed by atoms with van der Waals surface area (Å²) in [5.74, 6) is 0. The van der Waals surface area contributed by atoms with Gasteiger partial charge in [0.05, 0.1) is 5.69 Å². The number of carbonyl (C=O) groups excluding carboxylic acids is 1. The summed E-state index contributed by atoms with van der Waals surface area (Å²) in [6.45, 7) is 5.83. The van der Waals surface area contributed by atoms with Gasteiger partial charge in [0, 0.05) is 14.1 Å². The largest absolute Gasteiger partial charge is 0.336 e. The van der Waals surface area contributed by atoms with Crippen LogP contribution in [0.1, 0.15) is 19.4 Å². The molecule has 3 nitrogen and oxygen atoms in total. The van der Waals surface area contributed by atoms with E-state index in [9.17, 15) is 4.79 Å². The number of halogens is 2. The summed E-state index contributed by atoms with van der Waals surface area (Å²) in [5.41, 5.74) is 1.90. The Morgan fingerprint density at radius 3 is 2.56 bits per heavy atom. The summed E-state index contributed by atoms with van der Waals surface area (Å²) in [7, 11) is 0. The second-order valence-corrected chi connectivity index (χ2v) is 5.91. The molecule has 0 spiro atoms. The average Bonchev–Trinajstić information content (AvgIpc) is 2.09. The maximum atomic E-state index is 11.6. The number of carbonyl (C=O) groups is 1. The fourth-order valence-electron chi connectivity index (χ4n) is 1.27. The van der Waals surface area contributed by atoms with Crippen molar-refractivity contribution in [3.63, 3.8) is 0 Å². The van der Waals surface area contributed by atoms with Gasteiger partial charge in [0.2, 0.25) is 0 Å². The maximum absolute atomic E-state index is 11.6. The first kappa shape index (κ1) is 13.8. The Labute approximate surface area is 118 Å². The minimum atomic E-state index is -0.168. The smallest absolute Gasteiger partial charge is 0.319 e. The minimum absolute atomic E-state index is 0.133. The normalized spacial score (nSPS) is 10.4. The van der Waals surface area contributed by atoms with Gasteiger partial charge in [0.25, 0.3) is 0 Å². The molecule has 2 N–H and O–H groups in total. The molecular formula is C11H14BrIN2O. The van der Waals surface area contributed by atoms with Gasteiger partial charge in [0.15, 0.2) is 0 Å². The van der Waals surface area contributed by atoms with Crippen molar-refractivity contribution in [3.05, 3.63) is 25.7 Å². The molecule has 0 heterocycles. The Bertz CT molecular complexity index is 384. The Morgan fingerprint density at radius 1 is 1.44 bits per heavy atom. The summed E-state index contributed by atoms with van der Waals surface area (Å²) < 4.78 is 2.03. The number of anilines is 1. The first-order valence-electron chi connectivity index (χ1n) is 4.93. The number of rotatable bonds is 2. The fourth-order valence-corrected chi connectivity index (χ4v) is 3.17. The molecule has 0 saturated heterocycles. The third kappa shape index (κ3) is 3.93. The van der Waals surface area contributed by atoms with Crippen LogP contribution in [0.5, 0.6) is 0 Å². The molecule has 0 aromatic heterocycles. The zero-order chi connectivity index (χ0) is 12.3. The molecule has 2 amide bonds. The molecule has 0 fully saturated rings. The summed E-state index contributed by atoms with van der Waals surface area (Å²) >= 11 is 5.63. The van der Waals surface area contributed by atoms with Crippen molar-refractivity contribution in [1.82, 2.24) is 5.32 Å². The van der Waals surface area contributed by atoms with E-state index in [-0.39, 0.29) is 12.1 Å². The van der Waals surface area contributed by atoms with Crippen molar-refractivity contribution in [3.8, 4) is 0 Å². The molecule has 1 rings (SSSR count). The van der Waals surface area contributed by atoms with Gasteiger partial charge in [-0.05, 0) is 61.1 Å². The molecule has 0 saturated carbocycles. The van der Waals surface area contributed by atoms with Gasteiger partial charge in [-0.2, -0.15) is 0 Å². The van der Waals surface area contributed by atoms with E-state index in [0.29, 0.717) is 0 Å². The SMILES string of the molecule is Cc1cc(Br)cc(I)c1NC(=O)NC(C)C. The van der Waals surface area contributed by atoms with Crippen LogP contribution in [-0.2, 0) is 0 Å². The molecule has 0 unspecified atom stereocenters. The average molecular weight is 397 g/mol. The maximum Gasteiger partial charge on any atom is 0.319 e. The number of amides is 2. The van der Waals surface area contributed by atoms with Crippen molar-refractivity contribution < 1.29 is 4.79 Å². The van der Waals surface area contributed by atoms with Gasteiger partial charge < -0.3 is 10.6 Å². The van der Waals surface area contributed by atoms with E-state index in [4.69, 9.17) is 0 Å². The lowest BCUT2D eigenvalue weighted by molar-refractivity contribution is 0.250. The highest BCUT2D eigenvalue weighted by atomic mass is 127. The quantitative estimate of drug-likeness (QED) is 0.731. The zero-order valence-corrected chi connectivity index (χ0v) is 13.1. The molecule has 1 aromatic carbocycles. The number of hydrogen-bond donors (Lipinski definition) is 2. The standard InChI is InChI=1S/C11H14BrIN2O/c1-6(2)14-11(16)15-10-7(3)4-8(12)5-9(10)13/h4-6H,1-3H3,(H2,14,15,16). The van der Waals surface area contributed by atoms with Crippen molar-refractivity contribution in [2.24, 2.45) is 0 Å². The molecule has 88 valence electrons. The summed E-state index contributed by atoms with van der Waals surface area (Å²) in [6, 6.07) is 3.91. The lowest BCUT2D eigenvalue weighted by atomic mass is 10.2. The molecule has 0 aliphatic rings. The predicted octanol–water partition coefficient (Wildman–Crippen LogP) is 3.89. The number of aryl methyl sites for hydroxylation is 1. The van der Waals surface area contributed by atoms with E-state index < -0.39 is 0 Å². The molecule has 0 bridgehead atoms. The number of nitrogens with one attached hydrogen (secondary N) is 2. The Hall–Kier alpha value is -0.300. The molecule has 1 aromatic rings. The van der Waals surface area contributed by atoms with Crippen LogP contribution in [0.2, 0.25) is 0 Å². The van der Waals surface area contributed by atoms with Crippen molar-refractivity contribution in [2.75, 3.05) is 5.32 Å². The van der Waals surface area contributed by atoms with Crippen molar-refractivity contribution in [2.45, 2.75) is 26.8 Å². The van der Waals surface area contributed by atoms with Crippen LogP contribution in [0, 0.1) is 10.5 Å². The van der Waals surface area contributed by atoms with Crippen molar-refractivity contribution in [1.29, 1.82) is 0 Å². The Balaban J connectivity index is 2.85. The Morgan fingerprint density at radius 2 is 2.06 bits per heavy atom. The monoisotopic (exact) mass is 396 g/mol. The second-order valence-electron chi connectivity index (χ2n) is 3.83. The van der Waals surface area contributed by atoms with Crippen LogP contribution in [0.3, 0.4) is 0 Å². The van der Waals surface area contributed by atoms with Gasteiger partial charge >= 0.3 is 6.03 Å². The van der Waals surface area contributed by atoms with E-state index in [1.165, 1.54) is 0 Å². The highest BCUT2D eigenvalue weighted by Crippen LogP contribution is 2.26. The van der Waals surface area contributed by atoms with E-state index >= 15 is 0 Å². The number of urea groups is 1. The minimum Gasteiger partial charge on any atom is -0.336 e. The summed E-state index contributed by atoms with van der Waals surface area (Å²) in [6.07, 6.45) is 0. The van der Waals surface area contributed by atoms with Crippen LogP contribution in [0.4, 0.5) is 10.5 Å². The third-order valence-electron chi connectivity index (χ3n) is 1.91. The van der Waals surface area contributed by atoms with Gasteiger partial charge in [-0.3, -0.25) is 0 Å². The summed E-state index contributed by atoms with van der Waals surface area (Å²) in [5, 5.41) is 5.65. The first-order chi connectivity index (χ1) is 7.40. The van der Waals surface area contributed by atoms with E-state index in [1.54, 1.807) is 0 Å². The first-order valence-corrected chi connectivity index (χ1v) is 6.80. The predicted molar refractivity (Wildman–Crippen MR) is 78.9 cm³/mol. The fraction of sp³-hybridized carbons (Fsp3) is 0.364. The highest BCUT2D eigenvalue weighted by Gasteiger charge is 2.09. The van der Waals surface area contributed by atoms with Crippen LogP contribution in [0.15, 0.2) is 16.6 Å². The molecule has 0 atom stereocenters. The van der Waals surface area contributed by atoms with E-state index in [2.05, 4.69) is 49.2 Å². The molecule has 0 aliphatic carbocycles. The third-order valence-corrected chi connectivity index (χ3v) is 3.22. The summed E-state index contributed by atoms with van der Waals surface area (Å²) in [4.78, 5) is 11.6. The van der Waals surface area contributed by atoms with E-state index in [1.807, 2.05) is 32.9 Å².